The Bertz CT molecular complexity index is 850. The van der Waals surface area contributed by atoms with Crippen molar-refractivity contribution >= 4 is 8.58 Å². The van der Waals surface area contributed by atoms with Crippen LogP contribution in [0.1, 0.15) is 36.1 Å². The van der Waals surface area contributed by atoms with Crippen LogP contribution < -0.4 is 0 Å². The monoisotopic (exact) mass is 374 g/mol. The van der Waals surface area contributed by atoms with Gasteiger partial charge in [-0.2, -0.15) is 0 Å². The Balaban J connectivity index is 1.69. The second-order valence-electron chi connectivity index (χ2n) is 7.18. The van der Waals surface area contributed by atoms with Crippen LogP contribution in [0.15, 0.2) is 72.8 Å². The maximum absolute atomic E-state index is 2.38. The SMILES string of the molecule is CCPCCc1cccc(-c2cccc(CCc3cccc(CC)c3)c2)c1. The van der Waals surface area contributed by atoms with E-state index in [4.69, 9.17) is 0 Å². The minimum absolute atomic E-state index is 1.09. The first kappa shape index (κ1) is 19.8. The first-order valence-electron chi connectivity index (χ1n) is 10.2. The Kier molecular flexibility index (Phi) is 7.66. The highest BCUT2D eigenvalue weighted by atomic mass is 31.1. The lowest BCUT2D eigenvalue weighted by atomic mass is 9.97. The van der Waals surface area contributed by atoms with Crippen molar-refractivity contribution in [3.8, 4) is 11.1 Å². The van der Waals surface area contributed by atoms with Crippen molar-refractivity contribution in [1.29, 1.82) is 0 Å². The lowest BCUT2D eigenvalue weighted by Crippen LogP contribution is -1.93. The predicted molar refractivity (Wildman–Crippen MR) is 123 cm³/mol. The molecule has 140 valence electrons. The van der Waals surface area contributed by atoms with E-state index in [9.17, 15) is 0 Å². The number of rotatable bonds is 9. The number of aryl methyl sites for hydroxylation is 4. The molecule has 0 radical (unpaired) electrons. The van der Waals surface area contributed by atoms with Crippen molar-refractivity contribution < 1.29 is 0 Å². The Morgan fingerprint density at radius 2 is 1.11 bits per heavy atom. The molecule has 0 aliphatic heterocycles. The van der Waals surface area contributed by atoms with E-state index in [1.54, 1.807) is 0 Å². The number of hydrogen-bond acceptors (Lipinski definition) is 0. The molecule has 0 fully saturated rings. The summed E-state index contributed by atoms with van der Waals surface area (Å²) in [6.07, 6.45) is 7.14. The van der Waals surface area contributed by atoms with Crippen molar-refractivity contribution in [3.63, 3.8) is 0 Å². The van der Waals surface area contributed by atoms with Crippen LogP contribution in [0.25, 0.3) is 11.1 Å². The lowest BCUT2D eigenvalue weighted by molar-refractivity contribution is 0.954. The molecule has 0 amide bonds. The van der Waals surface area contributed by atoms with E-state index < -0.39 is 0 Å². The Hall–Kier alpha value is -1.91. The van der Waals surface area contributed by atoms with Crippen molar-refractivity contribution in [2.75, 3.05) is 12.3 Å². The summed E-state index contributed by atoms with van der Waals surface area (Å²) in [7, 11) is 1.09. The van der Waals surface area contributed by atoms with Gasteiger partial charge >= 0.3 is 0 Å². The molecule has 0 heterocycles. The van der Waals surface area contributed by atoms with Crippen molar-refractivity contribution in [3.05, 3.63) is 95.1 Å². The molecule has 0 spiro atoms. The normalized spacial score (nSPS) is 11.3. The zero-order chi connectivity index (χ0) is 18.9. The summed E-state index contributed by atoms with van der Waals surface area (Å²) < 4.78 is 0. The predicted octanol–water partition coefficient (Wildman–Crippen LogP) is 6.94. The lowest BCUT2D eigenvalue weighted by Gasteiger charge is -2.09. The Morgan fingerprint density at radius 1 is 0.593 bits per heavy atom. The van der Waals surface area contributed by atoms with Gasteiger partial charge in [-0.1, -0.05) is 86.6 Å². The topological polar surface area (TPSA) is 0 Å². The molecule has 3 aromatic rings. The van der Waals surface area contributed by atoms with E-state index in [0.29, 0.717) is 0 Å². The van der Waals surface area contributed by atoms with E-state index in [0.717, 1.165) is 27.8 Å². The van der Waals surface area contributed by atoms with E-state index >= 15 is 0 Å². The maximum Gasteiger partial charge on any atom is -0.0181 e. The summed E-state index contributed by atoms with van der Waals surface area (Å²) in [5.74, 6) is 0. The zero-order valence-electron chi connectivity index (χ0n) is 16.7. The molecule has 0 aliphatic rings. The van der Waals surface area contributed by atoms with Gasteiger partial charge in [0.05, 0.1) is 0 Å². The van der Waals surface area contributed by atoms with E-state index in [2.05, 4.69) is 86.6 Å². The Morgan fingerprint density at radius 3 is 1.70 bits per heavy atom. The largest absolute Gasteiger partial charge is 0.122 e. The first-order valence-corrected chi connectivity index (χ1v) is 11.7. The summed E-state index contributed by atoms with van der Waals surface area (Å²) in [4.78, 5) is 0. The molecule has 0 aliphatic carbocycles. The van der Waals surface area contributed by atoms with Gasteiger partial charge < -0.3 is 0 Å². The molecule has 0 saturated carbocycles. The third kappa shape index (κ3) is 6.05. The van der Waals surface area contributed by atoms with Gasteiger partial charge in [0.15, 0.2) is 0 Å². The third-order valence-electron chi connectivity index (χ3n) is 5.13. The van der Waals surface area contributed by atoms with Crippen LogP contribution in [0.2, 0.25) is 0 Å². The summed E-state index contributed by atoms with van der Waals surface area (Å²) in [6.45, 7) is 4.50. The van der Waals surface area contributed by atoms with Gasteiger partial charge in [0.1, 0.15) is 0 Å². The molecule has 1 atom stereocenters. The van der Waals surface area contributed by atoms with Crippen LogP contribution in [0.3, 0.4) is 0 Å². The van der Waals surface area contributed by atoms with Gasteiger partial charge in [-0.15, -0.1) is 8.58 Å². The fraction of sp³-hybridized carbons (Fsp3) is 0.308. The summed E-state index contributed by atoms with van der Waals surface area (Å²) in [6, 6.07) is 27.2. The molecule has 1 heteroatoms. The van der Waals surface area contributed by atoms with Gasteiger partial charge in [0.25, 0.3) is 0 Å². The van der Waals surface area contributed by atoms with Gasteiger partial charge in [-0.25, -0.2) is 0 Å². The Labute approximate surface area is 166 Å². The van der Waals surface area contributed by atoms with Crippen molar-refractivity contribution in [2.24, 2.45) is 0 Å². The van der Waals surface area contributed by atoms with E-state index in [-0.39, 0.29) is 0 Å². The van der Waals surface area contributed by atoms with Crippen LogP contribution in [0.4, 0.5) is 0 Å². The average Bonchev–Trinajstić information content (AvgIpc) is 2.73. The molecule has 1 unspecified atom stereocenters. The molecule has 27 heavy (non-hydrogen) atoms. The highest BCUT2D eigenvalue weighted by molar-refractivity contribution is 7.37. The zero-order valence-corrected chi connectivity index (χ0v) is 17.7. The summed E-state index contributed by atoms with van der Waals surface area (Å²) in [5.41, 5.74) is 8.46. The minimum atomic E-state index is 1.09. The molecule has 0 aromatic heterocycles. The molecule has 0 saturated heterocycles. The highest BCUT2D eigenvalue weighted by Gasteiger charge is 2.03. The number of benzene rings is 3. The quantitative estimate of drug-likeness (QED) is 0.281. The molecule has 0 bridgehead atoms. The average molecular weight is 375 g/mol. The van der Waals surface area contributed by atoms with Crippen LogP contribution in [-0.2, 0) is 25.7 Å². The number of hydrogen-bond donors (Lipinski definition) is 0. The van der Waals surface area contributed by atoms with Gasteiger partial charge in [0.2, 0.25) is 0 Å². The van der Waals surface area contributed by atoms with Crippen molar-refractivity contribution in [2.45, 2.75) is 39.5 Å². The summed E-state index contributed by atoms with van der Waals surface area (Å²) >= 11 is 0. The minimum Gasteiger partial charge on any atom is -0.122 e. The molecular formula is C26H31P. The van der Waals surface area contributed by atoms with Crippen LogP contribution in [-0.4, -0.2) is 12.3 Å². The molecular weight excluding hydrogens is 343 g/mol. The van der Waals surface area contributed by atoms with Crippen LogP contribution in [0, 0.1) is 0 Å². The second kappa shape index (κ2) is 10.4. The van der Waals surface area contributed by atoms with Gasteiger partial charge in [-0.3, -0.25) is 0 Å². The first-order chi connectivity index (χ1) is 13.3. The molecule has 3 aromatic carbocycles. The standard InChI is InChI=1S/C26H31P/c1-3-21-8-5-9-22(18-21)14-15-23-10-6-12-25(19-23)26-13-7-11-24(20-26)16-17-27-4-2/h5-13,18-20,27H,3-4,14-17H2,1-2H3. The second-order valence-corrected chi connectivity index (χ2v) is 8.88. The molecule has 0 N–H and O–H groups in total. The van der Waals surface area contributed by atoms with Crippen LogP contribution in [0.5, 0.6) is 0 Å². The fourth-order valence-corrected chi connectivity index (χ4v) is 4.34. The third-order valence-corrected chi connectivity index (χ3v) is 6.23. The highest BCUT2D eigenvalue weighted by Crippen LogP contribution is 2.23. The fourth-order valence-electron chi connectivity index (χ4n) is 3.52. The van der Waals surface area contributed by atoms with Crippen molar-refractivity contribution in [1.82, 2.24) is 0 Å². The van der Waals surface area contributed by atoms with E-state index in [1.165, 1.54) is 52.1 Å². The summed E-state index contributed by atoms with van der Waals surface area (Å²) in [5, 5.41) is 0. The molecule has 3 rings (SSSR count). The maximum atomic E-state index is 2.38. The van der Waals surface area contributed by atoms with Gasteiger partial charge in [0, 0.05) is 0 Å². The van der Waals surface area contributed by atoms with Crippen LogP contribution >= 0.6 is 8.58 Å². The van der Waals surface area contributed by atoms with Gasteiger partial charge in [-0.05, 0) is 71.4 Å². The van der Waals surface area contributed by atoms with E-state index in [1.807, 2.05) is 0 Å². The smallest absolute Gasteiger partial charge is 0.0181 e. The molecule has 0 nitrogen and oxygen atoms in total.